The molecule has 2 N–H and O–H groups in total. The van der Waals surface area contributed by atoms with Gasteiger partial charge in [0.25, 0.3) is 0 Å². The molecule has 2 atom stereocenters. The van der Waals surface area contributed by atoms with Crippen molar-refractivity contribution in [3.63, 3.8) is 0 Å². The van der Waals surface area contributed by atoms with Gasteiger partial charge < -0.3 is 14.8 Å². The number of aryl methyl sites for hydroxylation is 1. The molecule has 1 heterocycles. The Morgan fingerprint density at radius 3 is 2.80 bits per heavy atom. The van der Waals surface area contributed by atoms with Crippen LogP contribution < -0.4 is 5.32 Å². The normalized spacial score (nSPS) is 21.2. The van der Waals surface area contributed by atoms with Crippen molar-refractivity contribution in [3.05, 3.63) is 59.5 Å². The molecule has 0 saturated heterocycles. The van der Waals surface area contributed by atoms with Gasteiger partial charge >= 0.3 is 0 Å². The zero-order valence-electron chi connectivity index (χ0n) is 11.8. The first-order valence-corrected chi connectivity index (χ1v) is 7.22. The van der Waals surface area contributed by atoms with Crippen LogP contribution in [-0.2, 0) is 18.4 Å². The Morgan fingerprint density at radius 1 is 1.25 bits per heavy atom. The van der Waals surface area contributed by atoms with Crippen LogP contribution in [0.2, 0.25) is 0 Å². The number of hydrogen-bond acceptors (Lipinski definition) is 3. The second-order valence-electron chi connectivity index (χ2n) is 5.84. The molecule has 20 heavy (non-hydrogen) atoms. The van der Waals surface area contributed by atoms with Crippen LogP contribution in [0.4, 0.5) is 0 Å². The van der Waals surface area contributed by atoms with Crippen LogP contribution in [0.15, 0.2) is 47.1 Å². The Kier molecular flexibility index (Phi) is 3.64. The van der Waals surface area contributed by atoms with Crippen LogP contribution >= 0.6 is 0 Å². The maximum atomic E-state index is 10.4. The first kappa shape index (κ1) is 13.4. The second-order valence-corrected chi connectivity index (χ2v) is 5.84. The summed E-state index contributed by atoms with van der Waals surface area (Å²) in [6.07, 6.45) is 4.85. The summed E-state index contributed by atoms with van der Waals surface area (Å²) in [5, 5.41) is 13.9. The Balaban J connectivity index is 1.60. The van der Waals surface area contributed by atoms with Crippen molar-refractivity contribution in [1.29, 1.82) is 0 Å². The summed E-state index contributed by atoms with van der Waals surface area (Å²) in [4.78, 5) is 0. The molecular weight excluding hydrogens is 250 g/mol. The standard InChI is InChI=1S/C17H21NO2/c1-17(19,16-7-4-10-20-16)12-18-15-9-8-13-5-2-3-6-14(13)11-15/h2-7,10,15,18-19H,8-9,11-12H2,1H3/t15-,17-/m1/s1. The van der Waals surface area contributed by atoms with Gasteiger partial charge in [-0.3, -0.25) is 0 Å². The van der Waals surface area contributed by atoms with Crippen LogP contribution in [0, 0.1) is 0 Å². The molecule has 0 fully saturated rings. The van der Waals surface area contributed by atoms with Gasteiger partial charge in [-0.2, -0.15) is 0 Å². The molecule has 0 amide bonds. The molecule has 3 rings (SSSR count). The zero-order chi connectivity index (χ0) is 14.0. The highest BCUT2D eigenvalue weighted by Crippen LogP contribution is 2.23. The van der Waals surface area contributed by atoms with Crippen molar-refractivity contribution in [2.45, 2.75) is 37.8 Å². The highest BCUT2D eigenvalue weighted by Gasteiger charge is 2.28. The van der Waals surface area contributed by atoms with E-state index < -0.39 is 5.60 Å². The molecule has 0 bridgehead atoms. The van der Waals surface area contributed by atoms with Gasteiger partial charge in [0.1, 0.15) is 11.4 Å². The monoisotopic (exact) mass is 271 g/mol. The van der Waals surface area contributed by atoms with E-state index in [0.29, 0.717) is 18.3 Å². The summed E-state index contributed by atoms with van der Waals surface area (Å²) < 4.78 is 5.30. The summed E-state index contributed by atoms with van der Waals surface area (Å²) in [6.45, 7) is 2.29. The van der Waals surface area contributed by atoms with E-state index in [9.17, 15) is 5.11 Å². The summed E-state index contributed by atoms with van der Waals surface area (Å²) in [5.41, 5.74) is 1.93. The topological polar surface area (TPSA) is 45.4 Å². The van der Waals surface area contributed by atoms with E-state index in [1.165, 1.54) is 11.1 Å². The van der Waals surface area contributed by atoms with E-state index in [2.05, 4.69) is 29.6 Å². The van der Waals surface area contributed by atoms with Crippen LogP contribution in [-0.4, -0.2) is 17.7 Å². The van der Waals surface area contributed by atoms with E-state index in [1.807, 2.05) is 6.07 Å². The molecule has 1 aliphatic rings. The second kappa shape index (κ2) is 5.43. The minimum Gasteiger partial charge on any atom is -0.466 e. The van der Waals surface area contributed by atoms with E-state index >= 15 is 0 Å². The first-order chi connectivity index (χ1) is 9.65. The van der Waals surface area contributed by atoms with Gasteiger partial charge in [-0.15, -0.1) is 0 Å². The molecule has 0 radical (unpaired) electrons. The summed E-state index contributed by atoms with van der Waals surface area (Å²) in [5.74, 6) is 0.612. The van der Waals surface area contributed by atoms with Gasteiger partial charge in [0.2, 0.25) is 0 Å². The number of fused-ring (bicyclic) bond motifs is 1. The summed E-state index contributed by atoms with van der Waals surface area (Å²) >= 11 is 0. The molecule has 0 unspecified atom stereocenters. The Hall–Kier alpha value is -1.58. The maximum Gasteiger partial charge on any atom is 0.136 e. The lowest BCUT2D eigenvalue weighted by molar-refractivity contribution is 0.0311. The van der Waals surface area contributed by atoms with E-state index in [4.69, 9.17) is 4.42 Å². The highest BCUT2D eigenvalue weighted by molar-refractivity contribution is 5.30. The number of hydrogen-bond donors (Lipinski definition) is 2. The fourth-order valence-corrected chi connectivity index (χ4v) is 2.89. The number of rotatable bonds is 4. The molecule has 3 heteroatoms. The zero-order valence-corrected chi connectivity index (χ0v) is 11.8. The largest absolute Gasteiger partial charge is 0.466 e. The number of aliphatic hydroxyl groups is 1. The average Bonchev–Trinajstić information content (AvgIpc) is 3.00. The Labute approximate surface area is 119 Å². The van der Waals surface area contributed by atoms with Gasteiger partial charge in [-0.1, -0.05) is 24.3 Å². The van der Waals surface area contributed by atoms with Crippen molar-refractivity contribution in [2.75, 3.05) is 6.54 Å². The third kappa shape index (κ3) is 2.79. The molecular formula is C17H21NO2. The van der Waals surface area contributed by atoms with E-state index in [0.717, 1.165) is 19.3 Å². The highest BCUT2D eigenvalue weighted by atomic mass is 16.4. The molecule has 0 saturated carbocycles. The number of nitrogens with one attached hydrogen (secondary N) is 1. The lowest BCUT2D eigenvalue weighted by Crippen LogP contribution is -2.43. The molecule has 1 aromatic carbocycles. The predicted octanol–water partition coefficient (Wildman–Crippen LogP) is 2.63. The fourth-order valence-electron chi connectivity index (χ4n) is 2.89. The van der Waals surface area contributed by atoms with Crippen molar-refractivity contribution in [3.8, 4) is 0 Å². The van der Waals surface area contributed by atoms with Gasteiger partial charge in [-0.25, -0.2) is 0 Å². The minimum absolute atomic E-state index is 0.423. The Bertz CT molecular complexity index is 560. The van der Waals surface area contributed by atoms with Gasteiger partial charge in [0, 0.05) is 12.6 Å². The third-order valence-electron chi connectivity index (χ3n) is 4.13. The molecule has 0 spiro atoms. The lowest BCUT2D eigenvalue weighted by Gasteiger charge is -2.29. The molecule has 1 aromatic heterocycles. The average molecular weight is 271 g/mol. The minimum atomic E-state index is -0.958. The van der Waals surface area contributed by atoms with Crippen LogP contribution in [0.25, 0.3) is 0 Å². The predicted molar refractivity (Wildman–Crippen MR) is 78.5 cm³/mol. The van der Waals surface area contributed by atoms with Crippen LogP contribution in [0.3, 0.4) is 0 Å². The van der Waals surface area contributed by atoms with E-state index in [-0.39, 0.29) is 0 Å². The molecule has 1 aliphatic carbocycles. The van der Waals surface area contributed by atoms with Gasteiger partial charge in [-0.05, 0) is 49.4 Å². The van der Waals surface area contributed by atoms with Crippen LogP contribution in [0.5, 0.6) is 0 Å². The Morgan fingerprint density at radius 2 is 2.05 bits per heavy atom. The lowest BCUT2D eigenvalue weighted by atomic mass is 9.88. The van der Waals surface area contributed by atoms with Crippen LogP contribution in [0.1, 0.15) is 30.2 Å². The number of benzene rings is 1. The van der Waals surface area contributed by atoms with Crippen molar-refractivity contribution < 1.29 is 9.52 Å². The van der Waals surface area contributed by atoms with Crippen molar-refractivity contribution >= 4 is 0 Å². The first-order valence-electron chi connectivity index (χ1n) is 7.22. The smallest absolute Gasteiger partial charge is 0.136 e. The molecule has 106 valence electrons. The molecule has 0 aliphatic heterocycles. The summed E-state index contributed by atoms with van der Waals surface area (Å²) in [7, 11) is 0. The molecule has 2 aromatic rings. The summed E-state index contributed by atoms with van der Waals surface area (Å²) in [6, 6.07) is 12.7. The van der Waals surface area contributed by atoms with Gasteiger partial charge in [0.15, 0.2) is 0 Å². The number of furan rings is 1. The third-order valence-corrected chi connectivity index (χ3v) is 4.13. The van der Waals surface area contributed by atoms with Gasteiger partial charge in [0.05, 0.1) is 6.26 Å². The molecule has 3 nitrogen and oxygen atoms in total. The van der Waals surface area contributed by atoms with Crippen molar-refractivity contribution in [2.24, 2.45) is 0 Å². The van der Waals surface area contributed by atoms with Crippen molar-refractivity contribution in [1.82, 2.24) is 5.32 Å². The van der Waals surface area contributed by atoms with E-state index in [1.54, 1.807) is 19.3 Å². The quantitative estimate of drug-likeness (QED) is 0.898. The SMILES string of the molecule is C[C@@](O)(CN[C@@H]1CCc2ccccc2C1)c1ccco1. The maximum absolute atomic E-state index is 10.4. The fraction of sp³-hybridized carbons (Fsp3) is 0.412.